The molecule has 0 fully saturated rings. The van der Waals surface area contributed by atoms with Crippen molar-refractivity contribution < 1.29 is 4.79 Å². The van der Waals surface area contributed by atoms with Gasteiger partial charge >= 0.3 is 0 Å². The summed E-state index contributed by atoms with van der Waals surface area (Å²) in [6.45, 7) is 3.97. The quantitative estimate of drug-likeness (QED) is 0.885. The molecule has 106 valence electrons. The van der Waals surface area contributed by atoms with Crippen molar-refractivity contribution in [2.45, 2.75) is 19.8 Å². The normalized spacial score (nSPS) is 10.7. The van der Waals surface area contributed by atoms with Crippen molar-refractivity contribution in [1.82, 2.24) is 19.7 Å². The predicted octanol–water partition coefficient (Wildman–Crippen LogP) is 1.63. The van der Waals surface area contributed by atoms with Crippen molar-refractivity contribution in [3.8, 4) is 0 Å². The van der Waals surface area contributed by atoms with Gasteiger partial charge in [-0.1, -0.05) is 13.8 Å². The zero-order valence-electron chi connectivity index (χ0n) is 12.0. The minimum atomic E-state index is -0.290. The number of nitrogens with one attached hydrogen (secondary N) is 2. The average molecular weight is 274 g/mol. The topological polar surface area (TPSA) is 84.7 Å². The number of aryl methyl sites for hydroxylation is 1. The summed E-state index contributed by atoms with van der Waals surface area (Å²) in [6, 6.07) is 1.72. The van der Waals surface area contributed by atoms with Gasteiger partial charge in [0.1, 0.15) is 11.6 Å². The van der Waals surface area contributed by atoms with Crippen molar-refractivity contribution in [2.24, 2.45) is 7.05 Å². The molecule has 7 nitrogen and oxygen atoms in total. The van der Waals surface area contributed by atoms with Gasteiger partial charge in [-0.05, 0) is 0 Å². The van der Waals surface area contributed by atoms with E-state index in [9.17, 15) is 4.79 Å². The van der Waals surface area contributed by atoms with Crippen molar-refractivity contribution >= 4 is 17.4 Å². The fourth-order valence-corrected chi connectivity index (χ4v) is 1.70. The molecule has 0 saturated carbocycles. The Morgan fingerprint density at radius 3 is 2.70 bits per heavy atom. The van der Waals surface area contributed by atoms with Crippen LogP contribution in [-0.4, -0.2) is 32.7 Å². The Balaban J connectivity index is 2.32. The van der Waals surface area contributed by atoms with Gasteiger partial charge < -0.3 is 10.6 Å². The Bertz CT molecular complexity index is 619. The van der Waals surface area contributed by atoms with Gasteiger partial charge in [0.05, 0.1) is 18.1 Å². The highest BCUT2D eigenvalue weighted by molar-refractivity contribution is 6.06. The smallest absolute Gasteiger partial charge is 0.277 e. The summed E-state index contributed by atoms with van der Waals surface area (Å²) >= 11 is 0. The summed E-state index contributed by atoms with van der Waals surface area (Å²) in [5.74, 6) is 1.12. The SMILES string of the molecule is CNc1cnc(C(C)C)nc1C(=O)Nc1ccnn1C. The second-order valence-corrected chi connectivity index (χ2v) is 4.69. The highest BCUT2D eigenvalue weighted by atomic mass is 16.2. The third-order valence-corrected chi connectivity index (χ3v) is 2.87. The molecule has 2 aromatic rings. The third-order valence-electron chi connectivity index (χ3n) is 2.87. The summed E-state index contributed by atoms with van der Waals surface area (Å²) in [5, 5.41) is 9.71. The molecule has 0 aliphatic rings. The van der Waals surface area contributed by atoms with Gasteiger partial charge in [0.2, 0.25) is 0 Å². The van der Waals surface area contributed by atoms with Crippen molar-refractivity contribution in [2.75, 3.05) is 17.7 Å². The molecule has 7 heteroatoms. The summed E-state index contributed by atoms with van der Waals surface area (Å²) in [5.41, 5.74) is 0.918. The summed E-state index contributed by atoms with van der Waals surface area (Å²) in [7, 11) is 3.49. The summed E-state index contributed by atoms with van der Waals surface area (Å²) < 4.78 is 1.58. The van der Waals surface area contributed by atoms with Crippen molar-refractivity contribution in [3.05, 3.63) is 30.0 Å². The lowest BCUT2D eigenvalue weighted by Crippen LogP contribution is -2.19. The number of nitrogens with zero attached hydrogens (tertiary/aromatic N) is 4. The van der Waals surface area contributed by atoms with E-state index in [-0.39, 0.29) is 11.8 Å². The maximum absolute atomic E-state index is 12.3. The van der Waals surface area contributed by atoms with Crippen LogP contribution in [0.4, 0.5) is 11.5 Å². The van der Waals surface area contributed by atoms with Crippen LogP contribution in [0, 0.1) is 0 Å². The maximum atomic E-state index is 12.3. The number of aromatic nitrogens is 4. The average Bonchev–Trinajstić information content (AvgIpc) is 2.83. The van der Waals surface area contributed by atoms with Crippen molar-refractivity contribution in [1.29, 1.82) is 0 Å². The molecular weight excluding hydrogens is 256 g/mol. The maximum Gasteiger partial charge on any atom is 0.277 e. The van der Waals surface area contributed by atoms with E-state index in [0.29, 0.717) is 23.0 Å². The van der Waals surface area contributed by atoms with Crippen LogP contribution in [0.5, 0.6) is 0 Å². The van der Waals surface area contributed by atoms with Crippen LogP contribution in [0.25, 0.3) is 0 Å². The molecule has 0 radical (unpaired) electrons. The zero-order chi connectivity index (χ0) is 14.7. The molecule has 0 aliphatic carbocycles. The minimum Gasteiger partial charge on any atom is -0.385 e. The van der Waals surface area contributed by atoms with Gasteiger partial charge in [-0.25, -0.2) is 9.97 Å². The van der Waals surface area contributed by atoms with Gasteiger partial charge in [0.15, 0.2) is 5.69 Å². The Morgan fingerprint density at radius 2 is 2.15 bits per heavy atom. The van der Waals surface area contributed by atoms with Gasteiger partial charge in [0, 0.05) is 26.1 Å². The Labute approximate surface area is 117 Å². The molecule has 0 unspecified atom stereocenters. The molecule has 0 saturated heterocycles. The first-order valence-electron chi connectivity index (χ1n) is 6.37. The molecular formula is C13H18N6O. The molecule has 0 aromatic carbocycles. The molecule has 20 heavy (non-hydrogen) atoms. The number of hydrogen-bond acceptors (Lipinski definition) is 5. The number of anilines is 2. The number of carbonyl (C=O) groups is 1. The van der Waals surface area contributed by atoms with Gasteiger partial charge in [-0.3, -0.25) is 9.48 Å². The van der Waals surface area contributed by atoms with E-state index in [0.717, 1.165) is 0 Å². The zero-order valence-corrected chi connectivity index (χ0v) is 12.0. The molecule has 0 bridgehead atoms. The molecule has 2 heterocycles. The molecule has 1 amide bonds. The van der Waals surface area contributed by atoms with E-state index in [1.807, 2.05) is 13.8 Å². The first kappa shape index (κ1) is 14.0. The standard InChI is InChI=1S/C13H18N6O/c1-8(2)12-15-7-9(14-3)11(18-12)13(20)17-10-5-6-16-19(10)4/h5-8,14H,1-4H3,(H,17,20). The fraction of sp³-hybridized carbons (Fsp3) is 0.385. The van der Waals surface area contributed by atoms with Crippen LogP contribution in [0.1, 0.15) is 36.1 Å². The Kier molecular flexibility index (Phi) is 3.97. The fourth-order valence-electron chi connectivity index (χ4n) is 1.70. The van der Waals surface area contributed by atoms with Crippen LogP contribution in [0.3, 0.4) is 0 Å². The van der Waals surface area contributed by atoms with Crippen LogP contribution >= 0.6 is 0 Å². The molecule has 0 aliphatic heterocycles. The molecule has 2 aromatic heterocycles. The highest BCUT2D eigenvalue weighted by Crippen LogP contribution is 2.17. The van der Waals surface area contributed by atoms with E-state index in [2.05, 4.69) is 25.7 Å². The van der Waals surface area contributed by atoms with E-state index in [1.165, 1.54) is 0 Å². The monoisotopic (exact) mass is 274 g/mol. The largest absolute Gasteiger partial charge is 0.385 e. The first-order valence-corrected chi connectivity index (χ1v) is 6.37. The first-order chi connectivity index (χ1) is 9.52. The highest BCUT2D eigenvalue weighted by Gasteiger charge is 2.17. The van der Waals surface area contributed by atoms with Crippen LogP contribution in [0.15, 0.2) is 18.5 Å². The lowest BCUT2D eigenvalue weighted by molar-refractivity contribution is 0.102. The second kappa shape index (κ2) is 5.68. The van der Waals surface area contributed by atoms with Crippen LogP contribution in [-0.2, 0) is 7.05 Å². The Hall–Kier alpha value is -2.44. The van der Waals surface area contributed by atoms with Gasteiger partial charge in [0.25, 0.3) is 5.91 Å². The van der Waals surface area contributed by atoms with Crippen LogP contribution in [0.2, 0.25) is 0 Å². The molecule has 0 spiro atoms. The number of hydrogen-bond donors (Lipinski definition) is 2. The Morgan fingerprint density at radius 1 is 1.40 bits per heavy atom. The lowest BCUT2D eigenvalue weighted by atomic mass is 10.2. The van der Waals surface area contributed by atoms with Crippen molar-refractivity contribution in [3.63, 3.8) is 0 Å². The van der Waals surface area contributed by atoms with E-state index in [4.69, 9.17) is 0 Å². The lowest BCUT2D eigenvalue weighted by Gasteiger charge is -2.11. The second-order valence-electron chi connectivity index (χ2n) is 4.69. The minimum absolute atomic E-state index is 0.157. The summed E-state index contributed by atoms with van der Waals surface area (Å²) in [6.07, 6.45) is 3.24. The van der Waals surface area contributed by atoms with Gasteiger partial charge in [-0.2, -0.15) is 5.10 Å². The molecule has 0 atom stereocenters. The number of carbonyl (C=O) groups excluding carboxylic acids is 1. The van der Waals surface area contributed by atoms with Gasteiger partial charge in [-0.15, -0.1) is 0 Å². The molecule has 2 N–H and O–H groups in total. The molecule has 2 rings (SSSR count). The van der Waals surface area contributed by atoms with E-state index >= 15 is 0 Å². The van der Waals surface area contributed by atoms with Crippen LogP contribution < -0.4 is 10.6 Å². The van der Waals surface area contributed by atoms with E-state index < -0.39 is 0 Å². The predicted molar refractivity (Wildman–Crippen MR) is 76.8 cm³/mol. The summed E-state index contributed by atoms with van der Waals surface area (Å²) in [4.78, 5) is 20.9. The number of amides is 1. The third kappa shape index (κ3) is 2.76. The van der Waals surface area contributed by atoms with E-state index in [1.54, 1.807) is 37.2 Å². The number of rotatable bonds is 4.